The molecule has 0 aliphatic heterocycles. The average Bonchev–Trinajstić information content (AvgIpc) is 3.29. The number of ether oxygens (including phenoxy) is 3. The van der Waals surface area contributed by atoms with Gasteiger partial charge in [-0.25, -0.2) is 9.97 Å². The van der Waals surface area contributed by atoms with Crippen molar-refractivity contribution >= 4 is 45.7 Å². The predicted octanol–water partition coefficient (Wildman–Crippen LogP) is 4.65. The zero-order chi connectivity index (χ0) is 25.8. The van der Waals surface area contributed by atoms with E-state index in [1.165, 1.54) is 26.5 Å². The minimum atomic E-state index is -0.378. The SMILES string of the molecule is C=CC(=O)Nc1cnn(CCOC)c1-c1ncc2cc(-c3c(Cl)c(OC)cc(OC)c3Cl)ncc2n1. The van der Waals surface area contributed by atoms with Gasteiger partial charge in [0.2, 0.25) is 5.91 Å². The molecule has 186 valence electrons. The lowest BCUT2D eigenvalue weighted by molar-refractivity contribution is -0.111. The molecule has 0 aliphatic rings. The fourth-order valence-electron chi connectivity index (χ4n) is 3.54. The number of methoxy groups -OCH3 is 3. The first-order valence-electron chi connectivity index (χ1n) is 10.6. The molecule has 0 spiro atoms. The van der Waals surface area contributed by atoms with Crippen LogP contribution in [0.15, 0.2) is 43.4 Å². The van der Waals surface area contributed by atoms with Gasteiger partial charge in [-0.2, -0.15) is 5.10 Å². The van der Waals surface area contributed by atoms with E-state index >= 15 is 0 Å². The minimum absolute atomic E-state index is 0.303. The normalized spacial score (nSPS) is 10.9. The topological polar surface area (TPSA) is 113 Å². The molecule has 0 atom stereocenters. The number of pyridine rings is 1. The highest BCUT2D eigenvalue weighted by atomic mass is 35.5. The summed E-state index contributed by atoms with van der Waals surface area (Å²) in [6, 6.07) is 3.38. The Morgan fingerprint density at radius 1 is 1.08 bits per heavy atom. The molecule has 1 N–H and O–H groups in total. The van der Waals surface area contributed by atoms with Crippen molar-refractivity contribution in [1.29, 1.82) is 0 Å². The van der Waals surface area contributed by atoms with Gasteiger partial charge in [-0.05, 0) is 12.1 Å². The van der Waals surface area contributed by atoms with Crippen LogP contribution in [0.25, 0.3) is 33.7 Å². The number of rotatable bonds is 9. The van der Waals surface area contributed by atoms with Gasteiger partial charge in [-0.15, -0.1) is 0 Å². The van der Waals surface area contributed by atoms with Crippen LogP contribution < -0.4 is 14.8 Å². The second-order valence-electron chi connectivity index (χ2n) is 7.42. The van der Waals surface area contributed by atoms with Crippen LogP contribution in [0.5, 0.6) is 11.5 Å². The van der Waals surface area contributed by atoms with Gasteiger partial charge in [0.15, 0.2) is 5.82 Å². The van der Waals surface area contributed by atoms with Crippen LogP contribution >= 0.6 is 23.2 Å². The first-order chi connectivity index (χ1) is 17.4. The molecular formula is C24H22Cl2N6O4. The number of amides is 1. The molecule has 0 aliphatic carbocycles. The van der Waals surface area contributed by atoms with E-state index in [2.05, 4.69) is 31.9 Å². The fraction of sp³-hybridized carbons (Fsp3) is 0.208. The number of aromatic nitrogens is 5. The van der Waals surface area contributed by atoms with E-state index in [1.807, 2.05) is 0 Å². The van der Waals surface area contributed by atoms with E-state index in [-0.39, 0.29) is 5.91 Å². The van der Waals surface area contributed by atoms with Gasteiger partial charge < -0.3 is 19.5 Å². The van der Waals surface area contributed by atoms with Crippen LogP contribution in [-0.2, 0) is 16.1 Å². The van der Waals surface area contributed by atoms with Crippen LogP contribution in [0.2, 0.25) is 10.0 Å². The summed E-state index contributed by atoms with van der Waals surface area (Å²) >= 11 is 13.1. The van der Waals surface area contributed by atoms with Crippen molar-refractivity contribution in [3.8, 4) is 34.3 Å². The van der Waals surface area contributed by atoms with E-state index in [0.717, 1.165) is 0 Å². The van der Waals surface area contributed by atoms with Crippen molar-refractivity contribution in [2.75, 3.05) is 33.3 Å². The van der Waals surface area contributed by atoms with Gasteiger partial charge in [0, 0.05) is 30.3 Å². The molecule has 0 fully saturated rings. The zero-order valence-electron chi connectivity index (χ0n) is 19.7. The highest BCUT2D eigenvalue weighted by Crippen LogP contribution is 2.45. The summed E-state index contributed by atoms with van der Waals surface area (Å²) in [4.78, 5) is 25.7. The van der Waals surface area contributed by atoms with E-state index in [0.29, 0.717) is 74.1 Å². The number of nitrogens with one attached hydrogen (secondary N) is 1. The molecule has 10 nitrogen and oxygen atoms in total. The summed E-state index contributed by atoms with van der Waals surface area (Å²) in [5, 5.41) is 8.38. The van der Waals surface area contributed by atoms with Gasteiger partial charge >= 0.3 is 0 Å². The van der Waals surface area contributed by atoms with Crippen molar-refractivity contribution in [3.05, 3.63) is 53.4 Å². The number of benzene rings is 1. The predicted molar refractivity (Wildman–Crippen MR) is 138 cm³/mol. The maximum Gasteiger partial charge on any atom is 0.247 e. The third-order valence-corrected chi connectivity index (χ3v) is 6.05. The number of carbonyl (C=O) groups excluding carboxylic acids is 1. The Hall–Kier alpha value is -3.73. The van der Waals surface area contributed by atoms with E-state index in [4.69, 9.17) is 37.4 Å². The van der Waals surface area contributed by atoms with Gasteiger partial charge in [0.25, 0.3) is 0 Å². The maximum atomic E-state index is 11.9. The smallest absolute Gasteiger partial charge is 0.247 e. The summed E-state index contributed by atoms with van der Waals surface area (Å²) in [5.41, 5.74) is 2.49. The first kappa shape index (κ1) is 25.4. The number of hydrogen-bond acceptors (Lipinski definition) is 8. The summed E-state index contributed by atoms with van der Waals surface area (Å²) in [7, 11) is 4.60. The molecule has 1 aromatic carbocycles. The van der Waals surface area contributed by atoms with Crippen molar-refractivity contribution in [2.24, 2.45) is 0 Å². The second-order valence-corrected chi connectivity index (χ2v) is 8.18. The molecule has 4 rings (SSSR count). The van der Waals surface area contributed by atoms with Crippen molar-refractivity contribution in [2.45, 2.75) is 6.54 Å². The monoisotopic (exact) mass is 528 g/mol. The van der Waals surface area contributed by atoms with Crippen LogP contribution in [-0.4, -0.2) is 58.6 Å². The van der Waals surface area contributed by atoms with Gasteiger partial charge in [0.1, 0.15) is 17.2 Å². The van der Waals surface area contributed by atoms with Gasteiger partial charge in [-0.1, -0.05) is 29.8 Å². The standard InChI is InChI=1S/C24H22Cl2N6O4/c1-5-19(33)30-16-12-29-32(6-7-34-2)23(16)24-28-10-13-8-14(27-11-15(13)31-24)20-21(25)17(35-3)9-18(36-4)22(20)26/h5,8-12H,1,6-7H2,2-4H3,(H,30,33). The Labute approximate surface area is 216 Å². The van der Waals surface area contributed by atoms with Gasteiger partial charge in [0.05, 0.1) is 66.7 Å². The number of carbonyl (C=O) groups is 1. The molecule has 1 amide bonds. The Kier molecular flexibility index (Phi) is 7.68. The average molecular weight is 529 g/mol. The van der Waals surface area contributed by atoms with Crippen LogP contribution in [0.4, 0.5) is 5.69 Å². The number of anilines is 1. The second kappa shape index (κ2) is 10.9. The van der Waals surface area contributed by atoms with Crippen LogP contribution in [0, 0.1) is 0 Å². The Bertz CT molecular complexity index is 1430. The van der Waals surface area contributed by atoms with Crippen molar-refractivity contribution < 1.29 is 19.0 Å². The minimum Gasteiger partial charge on any atom is -0.495 e. The molecule has 0 bridgehead atoms. The zero-order valence-corrected chi connectivity index (χ0v) is 21.2. The molecule has 4 aromatic rings. The van der Waals surface area contributed by atoms with E-state index in [9.17, 15) is 4.79 Å². The number of hydrogen-bond donors (Lipinski definition) is 1. The maximum absolute atomic E-state index is 11.9. The molecule has 12 heteroatoms. The van der Waals surface area contributed by atoms with Crippen LogP contribution in [0.3, 0.4) is 0 Å². The number of fused-ring (bicyclic) bond motifs is 1. The number of nitrogens with zero attached hydrogens (tertiary/aromatic N) is 5. The fourth-order valence-corrected chi connectivity index (χ4v) is 4.23. The Balaban J connectivity index is 1.81. The summed E-state index contributed by atoms with van der Waals surface area (Å²) < 4.78 is 17.5. The van der Waals surface area contributed by atoms with E-state index in [1.54, 1.807) is 36.3 Å². The van der Waals surface area contributed by atoms with E-state index < -0.39 is 0 Å². The van der Waals surface area contributed by atoms with Crippen molar-refractivity contribution in [3.63, 3.8) is 0 Å². The molecule has 36 heavy (non-hydrogen) atoms. The summed E-state index contributed by atoms with van der Waals surface area (Å²) in [6.07, 6.45) is 5.94. The highest BCUT2D eigenvalue weighted by Gasteiger charge is 2.21. The molecule has 0 unspecified atom stereocenters. The van der Waals surface area contributed by atoms with Gasteiger partial charge in [-0.3, -0.25) is 14.5 Å². The lowest BCUT2D eigenvalue weighted by Crippen LogP contribution is -2.11. The largest absolute Gasteiger partial charge is 0.495 e. The molecule has 0 saturated carbocycles. The molecule has 0 radical (unpaired) electrons. The molecular weight excluding hydrogens is 507 g/mol. The quantitative estimate of drug-likeness (QED) is 0.312. The highest BCUT2D eigenvalue weighted by molar-refractivity contribution is 6.41. The third-order valence-electron chi connectivity index (χ3n) is 5.30. The Morgan fingerprint density at radius 3 is 2.44 bits per heavy atom. The first-order valence-corrected chi connectivity index (χ1v) is 11.4. The van der Waals surface area contributed by atoms with Crippen molar-refractivity contribution in [1.82, 2.24) is 24.7 Å². The van der Waals surface area contributed by atoms with Crippen LogP contribution in [0.1, 0.15) is 0 Å². The Morgan fingerprint density at radius 2 is 1.81 bits per heavy atom. The molecule has 0 saturated heterocycles. The molecule has 3 heterocycles. The summed E-state index contributed by atoms with van der Waals surface area (Å²) in [5.74, 6) is 0.779. The summed E-state index contributed by atoms with van der Waals surface area (Å²) in [6.45, 7) is 4.33. The third kappa shape index (κ3) is 4.83. The number of halogens is 2. The lowest BCUT2D eigenvalue weighted by atomic mass is 10.1. The molecule has 3 aromatic heterocycles. The lowest BCUT2D eigenvalue weighted by Gasteiger charge is -2.14.